The molecule has 2 aromatic rings. The topological polar surface area (TPSA) is 71.3 Å². The third kappa shape index (κ3) is 5.39. The summed E-state index contributed by atoms with van der Waals surface area (Å²) in [5.74, 6) is 1.61. The van der Waals surface area contributed by atoms with E-state index >= 15 is 0 Å². The van der Waals surface area contributed by atoms with Gasteiger partial charge in [0.15, 0.2) is 0 Å². The highest BCUT2D eigenvalue weighted by Crippen LogP contribution is 2.27. The van der Waals surface area contributed by atoms with Crippen molar-refractivity contribution in [2.45, 2.75) is 52.0 Å². The fourth-order valence-electron chi connectivity index (χ4n) is 3.60. The molecule has 1 saturated heterocycles. The van der Waals surface area contributed by atoms with Crippen molar-refractivity contribution in [2.75, 3.05) is 19.6 Å². The first-order chi connectivity index (χ1) is 13.0. The molecule has 1 amide bonds. The minimum atomic E-state index is -0.224. The summed E-state index contributed by atoms with van der Waals surface area (Å²) < 4.78 is 5.62. The molecule has 146 valence electrons. The molecular formula is C21H30N4O2. The van der Waals surface area contributed by atoms with Crippen LogP contribution in [0, 0.1) is 12.8 Å². The number of nitrogens with zero attached hydrogens (tertiary/aromatic N) is 3. The van der Waals surface area contributed by atoms with Gasteiger partial charge in [0.1, 0.15) is 0 Å². The van der Waals surface area contributed by atoms with Crippen molar-refractivity contribution in [3.63, 3.8) is 0 Å². The van der Waals surface area contributed by atoms with Crippen LogP contribution in [0.1, 0.15) is 56.4 Å². The van der Waals surface area contributed by atoms with E-state index in [1.807, 2.05) is 30.3 Å². The van der Waals surface area contributed by atoms with Gasteiger partial charge in [0.05, 0.1) is 5.92 Å². The highest BCUT2D eigenvalue weighted by atomic mass is 16.4. The number of hydrogen-bond acceptors (Lipinski definition) is 5. The summed E-state index contributed by atoms with van der Waals surface area (Å²) in [6.07, 6.45) is 2.78. The third-order valence-electron chi connectivity index (χ3n) is 5.47. The van der Waals surface area contributed by atoms with Gasteiger partial charge < -0.3 is 9.73 Å². The number of hydrogen-bond donors (Lipinski definition) is 1. The second-order valence-electron chi connectivity index (χ2n) is 7.70. The lowest BCUT2D eigenvalue weighted by atomic mass is 9.95. The maximum Gasteiger partial charge on any atom is 0.224 e. The number of benzene rings is 1. The molecule has 0 aliphatic carbocycles. The highest BCUT2D eigenvalue weighted by molar-refractivity contribution is 5.77. The monoisotopic (exact) mass is 370 g/mol. The number of rotatable bonds is 7. The maximum atomic E-state index is 12.6. The molecule has 0 bridgehead atoms. The van der Waals surface area contributed by atoms with Crippen molar-refractivity contribution < 1.29 is 9.21 Å². The molecule has 2 unspecified atom stereocenters. The Morgan fingerprint density at radius 3 is 2.59 bits per heavy atom. The molecule has 1 aliphatic heterocycles. The van der Waals surface area contributed by atoms with Crippen molar-refractivity contribution in [3.8, 4) is 0 Å². The minimum Gasteiger partial charge on any atom is -0.425 e. The van der Waals surface area contributed by atoms with E-state index in [1.54, 1.807) is 6.92 Å². The Bertz CT molecular complexity index is 723. The SMILES string of the molecule is Cc1nnc(C(CC(=O)NCC(C)N2CCC(C)CC2)c2ccccc2)o1. The number of likely N-dealkylation sites (tertiary alicyclic amines) is 1. The molecule has 6 nitrogen and oxygen atoms in total. The van der Waals surface area contributed by atoms with Gasteiger partial charge >= 0.3 is 0 Å². The Balaban J connectivity index is 1.58. The van der Waals surface area contributed by atoms with E-state index in [1.165, 1.54) is 12.8 Å². The van der Waals surface area contributed by atoms with Gasteiger partial charge in [0, 0.05) is 25.9 Å². The predicted octanol–water partition coefficient (Wildman–Crippen LogP) is 3.14. The van der Waals surface area contributed by atoms with Crippen molar-refractivity contribution >= 4 is 5.91 Å². The van der Waals surface area contributed by atoms with Crippen LogP contribution in [0.2, 0.25) is 0 Å². The summed E-state index contributed by atoms with van der Waals surface area (Å²) in [6.45, 7) is 9.16. The van der Waals surface area contributed by atoms with E-state index in [0.717, 1.165) is 24.6 Å². The van der Waals surface area contributed by atoms with Crippen LogP contribution in [-0.2, 0) is 4.79 Å². The summed E-state index contributed by atoms with van der Waals surface area (Å²) in [7, 11) is 0. The zero-order chi connectivity index (χ0) is 19.2. The normalized spacial score (nSPS) is 18.2. The fourth-order valence-corrected chi connectivity index (χ4v) is 3.60. The average Bonchev–Trinajstić information content (AvgIpc) is 3.11. The van der Waals surface area contributed by atoms with E-state index in [0.29, 0.717) is 30.8 Å². The van der Waals surface area contributed by atoms with Crippen LogP contribution in [0.3, 0.4) is 0 Å². The molecule has 0 spiro atoms. The second kappa shape index (κ2) is 9.13. The molecule has 1 N–H and O–H groups in total. The first kappa shape index (κ1) is 19.5. The molecule has 1 aromatic carbocycles. The van der Waals surface area contributed by atoms with Crippen LogP contribution in [0.25, 0.3) is 0 Å². The van der Waals surface area contributed by atoms with Gasteiger partial charge in [-0.2, -0.15) is 0 Å². The fraction of sp³-hybridized carbons (Fsp3) is 0.571. The van der Waals surface area contributed by atoms with Gasteiger partial charge in [0.25, 0.3) is 0 Å². The summed E-state index contributed by atoms with van der Waals surface area (Å²) in [6, 6.07) is 10.2. The third-order valence-corrected chi connectivity index (χ3v) is 5.47. The van der Waals surface area contributed by atoms with Crippen LogP contribution >= 0.6 is 0 Å². The Morgan fingerprint density at radius 1 is 1.26 bits per heavy atom. The van der Waals surface area contributed by atoms with Crippen LogP contribution in [-0.4, -0.2) is 46.7 Å². The van der Waals surface area contributed by atoms with Crippen LogP contribution in [0.4, 0.5) is 0 Å². The first-order valence-corrected chi connectivity index (χ1v) is 9.88. The average molecular weight is 370 g/mol. The highest BCUT2D eigenvalue weighted by Gasteiger charge is 2.25. The second-order valence-corrected chi connectivity index (χ2v) is 7.70. The minimum absolute atomic E-state index is 0.0110. The largest absolute Gasteiger partial charge is 0.425 e. The number of aromatic nitrogens is 2. The van der Waals surface area contributed by atoms with Gasteiger partial charge in [0.2, 0.25) is 17.7 Å². The zero-order valence-electron chi connectivity index (χ0n) is 16.5. The lowest BCUT2D eigenvalue weighted by Gasteiger charge is -2.35. The molecule has 2 heterocycles. The molecule has 6 heteroatoms. The Labute approximate surface area is 161 Å². The number of aryl methyl sites for hydroxylation is 1. The van der Waals surface area contributed by atoms with Crippen molar-refractivity contribution in [1.29, 1.82) is 0 Å². The quantitative estimate of drug-likeness (QED) is 0.811. The van der Waals surface area contributed by atoms with Gasteiger partial charge in [-0.05, 0) is 44.3 Å². The molecule has 27 heavy (non-hydrogen) atoms. The molecule has 1 aromatic heterocycles. The smallest absolute Gasteiger partial charge is 0.224 e. The summed E-state index contributed by atoms with van der Waals surface area (Å²) in [5.41, 5.74) is 1.01. The molecular weight excluding hydrogens is 340 g/mol. The van der Waals surface area contributed by atoms with Crippen molar-refractivity contribution in [3.05, 3.63) is 47.7 Å². The molecule has 2 atom stereocenters. The van der Waals surface area contributed by atoms with Crippen molar-refractivity contribution in [1.82, 2.24) is 20.4 Å². The Hall–Kier alpha value is -2.21. The lowest BCUT2D eigenvalue weighted by Crippen LogP contribution is -2.45. The first-order valence-electron chi connectivity index (χ1n) is 9.88. The number of piperidine rings is 1. The number of nitrogens with one attached hydrogen (secondary N) is 1. The van der Waals surface area contributed by atoms with Crippen LogP contribution < -0.4 is 5.32 Å². The van der Waals surface area contributed by atoms with E-state index in [9.17, 15) is 4.79 Å². The number of carbonyl (C=O) groups excluding carboxylic acids is 1. The summed E-state index contributed by atoms with van der Waals surface area (Å²) in [4.78, 5) is 15.1. The van der Waals surface area contributed by atoms with Crippen molar-refractivity contribution in [2.24, 2.45) is 5.92 Å². The molecule has 1 fully saturated rings. The van der Waals surface area contributed by atoms with E-state index in [4.69, 9.17) is 4.42 Å². The standard InChI is InChI=1S/C21H30N4O2/c1-15-9-11-25(12-10-15)16(2)14-22-20(26)13-19(18-7-5-4-6-8-18)21-24-23-17(3)27-21/h4-8,15-16,19H,9-14H2,1-3H3,(H,22,26). The predicted molar refractivity (Wildman–Crippen MR) is 104 cm³/mol. The Kier molecular flexibility index (Phi) is 6.61. The van der Waals surface area contributed by atoms with E-state index in [2.05, 4.69) is 34.3 Å². The zero-order valence-corrected chi connectivity index (χ0v) is 16.5. The lowest BCUT2D eigenvalue weighted by molar-refractivity contribution is -0.121. The van der Waals surface area contributed by atoms with Gasteiger partial charge in [-0.3, -0.25) is 9.69 Å². The Morgan fingerprint density at radius 2 is 1.96 bits per heavy atom. The van der Waals surface area contributed by atoms with Gasteiger partial charge in [-0.25, -0.2) is 0 Å². The maximum absolute atomic E-state index is 12.6. The molecule has 0 saturated carbocycles. The van der Waals surface area contributed by atoms with E-state index < -0.39 is 0 Å². The van der Waals surface area contributed by atoms with Crippen LogP contribution in [0.15, 0.2) is 34.7 Å². The van der Waals surface area contributed by atoms with Gasteiger partial charge in [-0.15, -0.1) is 10.2 Å². The number of carbonyl (C=O) groups is 1. The molecule has 3 rings (SSSR count). The van der Waals surface area contributed by atoms with Gasteiger partial charge in [-0.1, -0.05) is 37.3 Å². The van der Waals surface area contributed by atoms with E-state index in [-0.39, 0.29) is 11.8 Å². The molecule has 0 radical (unpaired) electrons. The number of amides is 1. The summed E-state index contributed by atoms with van der Waals surface area (Å²) >= 11 is 0. The summed E-state index contributed by atoms with van der Waals surface area (Å²) in [5, 5.41) is 11.2. The van der Waals surface area contributed by atoms with Crippen LogP contribution in [0.5, 0.6) is 0 Å². The molecule has 1 aliphatic rings.